The van der Waals surface area contributed by atoms with Gasteiger partial charge in [0.2, 0.25) is 0 Å². The average molecular weight is 257 g/mol. The Morgan fingerprint density at radius 2 is 1.94 bits per heavy atom. The molecule has 0 saturated carbocycles. The fourth-order valence-corrected chi connectivity index (χ4v) is 1.45. The third kappa shape index (κ3) is 3.51. The summed E-state index contributed by atoms with van der Waals surface area (Å²) in [4.78, 5) is 22.1. The molecule has 18 heavy (non-hydrogen) atoms. The normalized spacial score (nSPS) is 12.0. The summed E-state index contributed by atoms with van der Waals surface area (Å²) in [5.41, 5.74) is -0.154. The van der Waals surface area contributed by atoms with Crippen LogP contribution in [0.5, 0.6) is 0 Å². The minimum Gasteiger partial charge on any atom is -0.481 e. The molecule has 1 amide bonds. The molecule has 0 heterocycles. The van der Waals surface area contributed by atoms with Crippen molar-refractivity contribution in [1.82, 2.24) is 5.32 Å². The number of aliphatic carboxylic acids is 1. The van der Waals surface area contributed by atoms with Crippen LogP contribution in [0.4, 0.5) is 8.78 Å². The van der Waals surface area contributed by atoms with Gasteiger partial charge in [-0.1, -0.05) is 0 Å². The molecule has 1 aromatic rings. The number of halogens is 2. The Morgan fingerprint density at radius 1 is 1.33 bits per heavy atom. The number of hydrogen-bond acceptors (Lipinski definition) is 2. The summed E-state index contributed by atoms with van der Waals surface area (Å²) in [5, 5.41) is 10.9. The van der Waals surface area contributed by atoms with Crippen molar-refractivity contribution in [2.24, 2.45) is 0 Å². The SMILES string of the molecule is Cc1cc(C(=O)NC(C)CC(=O)O)c(F)cc1F. The number of amides is 1. The minimum atomic E-state index is -1.07. The molecule has 98 valence electrons. The number of rotatable bonds is 4. The highest BCUT2D eigenvalue weighted by Crippen LogP contribution is 2.14. The molecule has 6 heteroatoms. The maximum absolute atomic E-state index is 13.4. The van der Waals surface area contributed by atoms with Gasteiger partial charge in [0.25, 0.3) is 5.91 Å². The van der Waals surface area contributed by atoms with Gasteiger partial charge in [-0.25, -0.2) is 8.78 Å². The number of nitrogens with one attached hydrogen (secondary N) is 1. The van der Waals surface area contributed by atoms with Crippen LogP contribution in [0.3, 0.4) is 0 Å². The smallest absolute Gasteiger partial charge is 0.305 e. The second kappa shape index (κ2) is 5.57. The molecule has 0 radical (unpaired) electrons. The zero-order chi connectivity index (χ0) is 13.9. The van der Waals surface area contributed by atoms with Gasteiger partial charge < -0.3 is 10.4 Å². The first-order valence-corrected chi connectivity index (χ1v) is 5.29. The monoisotopic (exact) mass is 257 g/mol. The molecule has 0 saturated heterocycles. The highest BCUT2D eigenvalue weighted by molar-refractivity contribution is 5.95. The second-order valence-corrected chi connectivity index (χ2v) is 4.05. The van der Waals surface area contributed by atoms with Crippen LogP contribution >= 0.6 is 0 Å². The molecule has 0 bridgehead atoms. The van der Waals surface area contributed by atoms with Crippen LogP contribution in [-0.2, 0) is 4.79 Å². The van der Waals surface area contributed by atoms with Gasteiger partial charge in [-0.2, -0.15) is 0 Å². The molecule has 1 aromatic carbocycles. The fourth-order valence-electron chi connectivity index (χ4n) is 1.45. The Labute approximate surface area is 103 Å². The number of benzene rings is 1. The van der Waals surface area contributed by atoms with E-state index in [1.54, 1.807) is 0 Å². The summed E-state index contributed by atoms with van der Waals surface area (Å²) < 4.78 is 26.4. The Bertz CT molecular complexity index is 488. The van der Waals surface area contributed by atoms with Crippen molar-refractivity contribution in [2.75, 3.05) is 0 Å². The lowest BCUT2D eigenvalue weighted by Gasteiger charge is -2.12. The molecular formula is C12H13F2NO3. The molecule has 0 aliphatic rings. The van der Waals surface area contributed by atoms with Crippen LogP contribution in [0.2, 0.25) is 0 Å². The highest BCUT2D eigenvalue weighted by Gasteiger charge is 2.17. The van der Waals surface area contributed by atoms with E-state index in [-0.39, 0.29) is 17.5 Å². The van der Waals surface area contributed by atoms with Gasteiger partial charge in [0.05, 0.1) is 12.0 Å². The Morgan fingerprint density at radius 3 is 2.50 bits per heavy atom. The number of carboxylic acid groups (broad SMARTS) is 1. The predicted molar refractivity (Wildman–Crippen MR) is 60.3 cm³/mol. The van der Waals surface area contributed by atoms with Crippen molar-refractivity contribution < 1.29 is 23.5 Å². The molecule has 1 unspecified atom stereocenters. The quantitative estimate of drug-likeness (QED) is 0.865. The molecule has 0 spiro atoms. The zero-order valence-corrected chi connectivity index (χ0v) is 9.96. The average Bonchev–Trinajstić information content (AvgIpc) is 2.21. The van der Waals surface area contributed by atoms with Crippen LogP contribution in [0.25, 0.3) is 0 Å². The van der Waals surface area contributed by atoms with E-state index in [0.717, 1.165) is 6.07 Å². The molecule has 2 N–H and O–H groups in total. The molecular weight excluding hydrogens is 244 g/mol. The molecule has 0 aliphatic heterocycles. The van der Waals surface area contributed by atoms with Crippen LogP contribution in [0.15, 0.2) is 12.1 Å². The lowest BCUT2D eigenvalue weighted by molar-refractivity contribution is -0.137. The number of hydrogen-bond donors (Lipinski definition) is 2. The van der Waals surface area contributed by atoms with E-state index >= 15 is 0 Å². The second-order valence-electron chi connectivity index (χ2n) is 4.05. The third-order valence-corrected chi connectivity index (χ3v) is 2.35. The number of carbonyl (C=O) groups is 2. The fraction of sp³-hybridized carbons (Fsp3) is 0.333. The van der Waals surface area contributed by atoms with E-state index in [1.807, 2.05) is 0 Å². The number of carboxylic acids is 1. The van der Waals surface area contributed by atoms with Crippen molar-refractivity contribution in [2.45, 2.75) is 26.3 Å². The number of aryl methyl sites for hydroxylation is 1. The van der Waals surface area contributed by atoms with Crippen LogP contribution in [0.1, 0.15) is 29.3 Å². The predicted octanol–water partition coefficient (Wildman–Crippen LogP) is 1.87. The van der Waals surface area contributed by atoms with E-state index < -0.39 is 29.6 Å². The first kappa shape index (κ1) is 14.1. The lowest BCUT2D eigenvalue weighted by Crippen LogP contribution is -2.34. The van der Waals surface area contributed by atoms with Crippen molar-refractivity contribution in [3.8, 4) is 0 Å². The summed E-state index contributed by atoms with van der Waals surface area (Å²) in [5.74, 6) is -3.54. The maximum atomic E-state index is 13.4. The first-order chi connectivity index (χ1) is 8.31. The summed E-state index contributed by atoms with van der Waals surface area (Å²) in [6.07, 6.45) is -0.270. The van der Waals surface area contributed by atoms with E-state index in [0.29, 0.717) is 6.07 Å². The van der Waals surface area contributed by atoms with Gasteiger partial charge >= 0.3 is 5.97 Å². The highest BCUT2D eigenvalue weighted by atomic mass is 19.1. The van der Waals surface area contributed by atoms with Gasteiger partial charge in [0, 0.05) is 12.1 Å². The van der Waals surface area contributed by atoms with E-state index in [2.05, 4.69) is 5.32 Å². The summed E-state index contributed by atoms with van der Waals surface area (Å²) in [6, 6.07) is 1.08. The van der Waals surface area contributed by atoms with Gasteiger partial charge in [-0.05, 0) is 25.5 Å². The summed E-state index contributed by atoms with van der Waals surface area (Å²) in [7, 11) is 0. The lowest BCUT2D eigenvalue weighted by atomic mass is 10.1. The van der Waals surface area contributed by atoms with Crippen LogP contribution in [0, 0.1) is 18.6 Å². The van der Waals surface area contributed by atoms with Gasteiger partial charge in [0.1, 0.15) is 11.6 Å². The van der Waals surface area contributed by atoms with Gasteiger partial charge in [-0.3, -0.25) is 9.59 Å². The van der Waals surface area contributed by atoms with Gasteiger partial charge in [-0.15, -0.1) is 0 Å². The van der Waals surface area contributed by atoms with E-state index in [9.17, 15) is 18.4 Å². The molecule has 1 atom stereocenters. The topological polar surface area (TPSA) is 66.4 Å². The molecule has 1 rings (SSSR count). The van der Waals surface area contributed by atoms with Crippen LogP contribution < -0.4 is 5.32 Å². The van der Waals surface area contributed by atoms with E-state index in [1.165, 1.54) is 13.8 Å². The Kier molecular flexibility index (Phi) is 4.36. The summed E-state index contributed by atoms with van der Waals surface area (Å²) in [6.45, 7) is 2.90. The first-order valence-electron chi connectivity index (χ1n) is 5.29. The zero-order valence-electron chi connectivity index (χ0n) is 9.96. The van der Waals surface area contributed by atoms with Gasteiger partial charge in [0.15, 0.2) is 0 Å². The molecule has 0 fully saturated rings. The largest absolute Gasteiger partial charge is 0.481 e. The minimum absolute atomic E-state index is 0.146. The Hall–Kier alpha value is -1.98. The van der Waals surface area contributed by atoms with Crippen molar-refractivity contribution in [3.05, 3.63) is 34.9 Å². The molecule has 0 aromatic heterocycles. The third-order valence-electron chi connectivity index (χ3n) is 2.35. The maximum Gasteiger partial charge on any atom is 0.305 e. The summed E-state index contributed by atoms with van der Waals surface area (Å²) >= 11 is 0. The van der Waals surface area contributed by atoms with Crippen molar-refractivity contribution >= 4 is 11.9 Å². The number of carbonyl (C=O) groups excluding carboxylic acids is 1. The van der Waals surface area contributed by atoms with Crippen LogP contribution in [-0.4, -0.2) is 23.0 Å². The Balaban J connectivity index is 2.85. The van der Waals surface area contributed by atoms with E-state index in [4.69, 9.17) is 5.11 Å². The standard InChI is InChI=1S/C12H13F2NO3/c1-6-3-8(10(14)5-9(6)13)12(18)15-7(2)4-11(16)17/h3,5,7H,4H2,1-2H3,(H,15,18)(H,16,17). The molecule has 4 nitrogen and oxygen atoms in total. The molecule has 0 aliphatic carbocycles. The van der Waals surface area contributed by atoms with Crippen molar-refractivity contribution in [1.29, 1.82) is 0 Å². The van der Waals surface area contributed by atoms with Crippen molar-refractivity contribution in [3.63, 3.8) is 0 Å².